The van der Waals surface area contributed by atoms with Crippen LogP contribution in [0.4, 0.5) is 15.8 Å². The SMILES string of the molecule is CN1CCN(c2ccc(N/C=C3\C(=O)NC(=O)c4ccc(-c5ccc(F)cc5)cc43)cc2)CC1. The van der Waals surface area contributed by atoms with E-state index >= 15 is 0 Å². The summed E-state index contributed by atoms with van der Waals surface area (Å²) in [5, 5.41) is 5.59. The fraction of sp³-hybridized carbons (Fsp3) is 0.185. The first-order valence-corrected chi connectivity index (χ1v) is 11.2. The summed E-state index contributed by atoms with van der Waals surface area (Å²) in [7, 11) is 2.13. The zero-order chi connectivity index (χ0) is 23.7. The standard InChI is InChI=1S/C27H25FN4O2/c1-31-12-14-32(15-13-31)22-9-7-21(8-10-22)29-17-25-24-16-19(18-2-5-20(28)6-3-18)4-11-23(24)26(33)30-27(25)34/h2-11,16-17,29H,12-15H2,1H3,(H,30,33,34)/b25-17-. The number of carbonyl (C=O) groups excluding carboxylic acids is 2. The molecule has 0 atom stereocenters. The summed E-state index contributed by atoms with van der Waals surface area (Å²) < 4.78 is 13.3. The molecule has 0 unspecified atom stereocenters. The molecule has 0 spiro atoms. The minimum atomic E-state index is -0.463. The number of imide groups is 1. The van der Waals surface area contributed by atoms with Crippen molar-refractivity contribution in [2.24, 2.45) is 0 Å². The molecule has 2 aliphatic rings. The molecule has 0 aromatic heterocycles. The maximum Gasteiger partial charge on any atom is 0.260 e. The summed E-state index contributed by atoms with van der Waals surface area (Å²) >= 11 is 0. The van der Waals surface area contributed by atoms with Crippen LogP contribution in [0.2, 0.25) is 0 Å². The number of hydrogen-bond acceptors (Lipinski definition) is 5. The highest BCUT2D eigenvalue weighted by Crippen LogP contribution is 2.30. The summed E-state index contributed by atoms with van der Waals surface area (Å²) in [6.07, 6.45) is 1.62. The van der Waals surface area contributed by atoms with Gasteiger partial charge in [-0.05, 0) is 66.7 Å². The third-order valence-electron chi connectivity index (χ3n) is 6.32. The van der Waals surface area contributed by atoms with Crippen LogP contribution in [0.1, 0.15) is 15.9 Å². The molecule has 2 aliphatic heterocycles. The topological polar surface area (TPSA) is 64.7 Å². The van der Waals surface area contributed by atoms with Crippen molar-refractivity contribution in [1.29, 1.82) is 0 Å². The minimum absolute atomic E-state index is 0.320. The van der Waals surface area contributed by atoms with Crippen LogP contribution in [-0.2, 0) is 4.79 Å². The molecule has 3 aromatic carbocycles. The Hall–Kier alpha value is -3.97. The summed E-state index contributed by atoms with van der Waals surface area (Å²) in [5.41, 5.74) is 4.92. The largest absolute Gasteiger partial charge is 0.369 e. The van der Waals surface area contributed by atoms with Crippen LogP contribution >= 0.6 is 0 Å². The second kappa shape index (κ2) is 9.11. The van der Waals surface area contributed by atoms with E-state index in [-0.39, 0.29) is 5.82 Å². The Morgan fingerprint density at radius 3 is 2.21 bits per heavy atom. The molecule has 6 nitrogen and oxygen atoms in total. The monoisotopic (exact) mass is 456 g/mol. The van der Waals surface area contributed by atoms with Crippen molar-refractivity contribution in [3.05, 3.63) is 89.9 Å². The van der Waals surface area contributed by atoms with Crippen LogP contribution in [0.15, 0.2) is 72.9 Å². The van der Waals surface area contributed by atoms with E-state index < -0.39 is 11.8 Å². The Kier molecular flexibility index (Phi) is 5.86. The van der Waals surface area contributed by atoms with Gasteiger partial charge in [-0.1, -0.05) is 18.2 Å². The Labute approximate surface area is 197 Å². The van der Waals surface area contributed by atoms with Crippen LogP contribution in [-0.4, -0.2) is 49.9 Å². The summed E-state index contributed by atoms with van der Waals surface area (Å²) in [6.45, 7) is 4.07. The highest BCUT2D eigenvalue weighted by Gasteiger charge is 2.27. The van der Waals surface area contributed by atoms with Gasteiger partial charge >= 0.3 is 0 Å². The number of amides is 2. The number of nitrogens with zero attached hydrogens (tertiary/aromatic N) is 2. The van der Waals surface area contributed by atoms with E-state index in [4.69, 9.17) is 0 Å². The third kappa shape index (κ3) is 4.43. The van der Waals surface area contributed by atoms with E-state index in [0.29, 0.717) is 16.7 Å². The summed E-state index contributed by atoms with van der Waals surface area (Å²) in [6, 6.07) is 19.5. The van der Waals surface area contributed by atoms with Crippen molar-refractivity contribution in [2.75, 3.05) is 43.4 Å². The van der Waals surface area contributed by atoms with Crippen molar-refractivity contribution >= 4 is 28.8 Å². The van der Waals surface area contributed by atoms with Gasteiger partial charge in [0.15, 0.2) is 0 Å². The van der Waals surface area contributed by atoms with Gasteiger partial charge in [-0.3, -0.25) is 14.9 Å². The van der Waals surface area contributed by atoms with Gasteiger partial charge in [-0.25, -0.2) is 4.39 Å². The normalized spacial score (nSPS) is 17.5. The first-order chi connectivity index (χ1) is 16.5. The van der Waals surface area contributed by atoms with E-state index in [1.165, 1.54) is 17.8 Å². The van der Waals surface area contributed by atoms with Gasteiger partial charge in [-0.15, -0.1) is 0 Å². The molecular weight excluding hydrogens is 431 g/mol. The molecule has 0 bridgehead atoms. The molecule has 2 amide bonds. The lowest BCUT2D eigenvalue weighted by Crippen LogP contribution is -2.44. The number of likely N-dealkylation sites (N-methyl/N-ethyl adjacent to an activating group) is 1. The summed E-state index contributed by atoms with van der Waals surface area (Å²) in [4.78, 5) is 29.7. The van der Waals surface area contributed by atoms with E-state index in [9.17, 15) is 14.0 Å². The smallest absolute Gasteiger partial charge is 0.260 e. The number of nitrogens with one attached hydrogen (secondary N) is 2. The number of rotatable bonds is 4. The Bertz CT molecular complexity index is 1260. The van der Waals surface area contributed by atoms with Crippen LogP contribution < -0.4 is 15.5 Å². The molecule has 0 saturated carbocycles. The zero-order valence-corrected chi connectivity index (χ0v) is 18.8. The Morgan fingerprint density at radius 1 is 0.824 bits per heavy atom. The Balaban J connectivity index is 1.40. The molecule has 0 radical (unpaired) electrons. The van der Waals surface area contributed by atoms with Gasteiger partial charge in [-0.2, -0.15) is 0 Å². The molecular formula is C27H25FN4O2. The van der Waals surface area contributed by atoms with Gasteiger partial charge < -0.3 is 15.1 Å². The van der Waals surface area contributed by atoms with Gasteiger partial charge in [0.2, 0.25) is 0 Å². The van der Waals surface area contributed by atoms with E-state index in [0.717, 1.165) is 43.0 Å². The molecule has 172 valence electrons. The Morgan fingerprint density at radius 2 is 1.50 bits per heavy atom. The molecule has 34 heavy (non-hydrogen) atoms. The van der Waals surface area contributed by atoms with Crippen LogP contribution in [0.25, 0.3) is 16.7 Å². The van der Waals surface area contributed by atoms with Crippen molar-refractivity contribution in [2.45, 2.75) is 0 Å². The maximum atomic E-state index is 13.3. The van der Waals surface area contributed by atoms with Gasteiger partial charge in [0.05, 0.1) is 5.57 Å². The molecule has 3 aromatic rings. The maximum absolute atomic E-state index is 13.3. The van der Waals surface area contributed by atoms with Crippen LogP contribution in [0, 0.1) is 5.82 Å². The predicted octanol–water partition coefficient (Wildman–Crippen LogP) is 3.97. The van der Waals surface area contributed by atoms with E-state index in [1.54, 1.807) is 36.5 Å². The van der Waals surface area contributed by atoms with Crippen molar-refractivity contribution in [3.8, 4) is 11.1 Å². The number of halogens is 1. The molecule has 2 N–H and O–H groups in total. The van der Waals surface area contributed by atoms with Gasteiger partial charge in [0, 0.05) is 54.9 Å². The van der Waals surface area contributed by atoms with E-state index in [2.05, 4.69) is 39.6 Å². The molecule has 7 heteroatoms. The van der Waals surface area contributed by atoms with E-state index in [1.807, 2.05) is 12.1 Å². The number of carbonyl (C=O) groups is 2. The second-order valence-corrected chi connectivity index (χ2v) is 8.59. The molecule has 2 heterocycles. The average molecular weight is 457 g/mol. The minimum Gasteiger partial charge on any atom is -0.369 e. The summed E-state index contributed by atoms with van der Waals surface area (Å²) in [5.74, 6) is -1.21. The number of benzene rings is 3. The average Bonchev–Trinajstić information content (AvgIpc) is 2.85. The quantitative estimate of drug-likeness (QED) is 0.460. The number of anilines is 2. The lowest BCUT2D eigenvalue weighted by molar-refractivity contribution is -0.114. The molecule has 5 rings (SSSR count). The lowest BCUT2D eigenvalue weighted by atomic mass is 9.91. The van der Waals surface area contributed by atoms with Gasteiger partial charge in [0.25, 0.3) is 11.8 Å². The predicted molar refractivity (Wildman–Crippen MR) is 132 cm³/mol. The van der Waals surface area contributed by atoms with Crippen LogP contribution in [0.5, 0.6) is 0 Å². The highest BCUT2D eigenvalue weighted by molar-refractivity contribution is 6.31. The number of piperazine rings is 1. The molecule has 1 fully saturated rings. The number of fused-ring (bicyclic) bond motifs is 1. The van der Waals surface area contributed by atoms with Crippen molar-refractivity contribution < 1.29 is 14.0 Å². The van der Waals surface area contributed by atoms with Crippen molar-refractivity contribution in [1.82, 2.24) is 10.2 Å². The lowest BCUT2D eigenvalue weighted by Gasteiger charge is -2.34. The van der Waals surface area contributed by atoms with Gasteiger partial charge in [0.1, 0.15) is 5.82 Å². The fourth-order valence-corrected chi connectivity index (χ4v) is 4.28. The third-order valence-corrected chi connectivity index (χ3v) is 6.32. The van der Waals surface area contributed by atoms with Crippen LogP contribution in [0.3, 0.4) is 0 Å². The first-order valence-electron chi connectivity index (χ1n) is 11.2. The molecule has 0 aliphatic carbocycles. The second-order valence-electron chi connectivity index (χ2n) is 8.59. The van der Waals surface area contributed by atoms with Crippen molar-refractivity contribution in [3.63, 3.8) is 0 Å². The fourth-order valence-electron chi connectivity index (χ4n) is 4.28. The first kappa shape index (κ1) is 21.9. The highest BCUT2D eigenvalue weighted by atomic mass is 19.1. The molecule has 1 saturated heterocycles. The zero-order valence-electron chi connectivity index (χ0n) is 18.8. The number of hydrogen-bond donors (Lipinski definition) is 2.